The number of carbonyl (C=O) groups excluding carboxylic acids is 1. The molecule has 0 aliphatic heterocycles. The van der Waals surface area contributed by atoms with Crippen LogP contribution in [0.4, 0.5) is 0 Å². The van der Waals surface area contributed by atoms with E-state index >= 15 is 0 Å². The second-order valence-corrected chi connectivity index (χ2v) is 5.58. The van der Waals surface area contributed by atoms with E-state index in [-0.39, 0.29) is 11.1 Å². The van der Waals surface area contributed by atoms with Gasteiger partial charge < -0.3 is 9.84 Å². The Balaban J connectivity index is 2.30. The molecule has 116 valence electrons. The minimum absolute atomic E-state index is 0.0144. The Morgan fingerprint density at radius 1 is 1.05 bits per heavy atom. The minimum Gasteiger partial charge on any atom is -0.478 e. The van der Waals surface area contributed by atoms with Crippen molar-refractivity contribution in [2.45, 2.75) is 46.0 Å². The number of carboxylic acid groups (broad SMARTS) is 1. The summed E-state index contributed by atoms with van der Waals surface area (Å²) in [6, 6.07) is 6.11. The van der Waals surface area contributed by atoms with Crippen LogP contribution in [0.15, 0.2) is 24.3 Å². The Labute approximate surface area is 126 Å². The van der Waals surface area contributed by atoms with E-state index in [4.69, 9.17) is 9.84 Å². The molecule has 0 fully saturated rings. The number of rotatable bonds is 9. The fourth-order valence-electron chi connectivity index (χ4n) is 2.10. The lowest BCUT2D eigenvalue weighted by molar-refractivity contribution is 0.0487. The summed E-state index contributed by atoms with van der Waals surface area (Å²) in [5.74, 6) is -0.943. The molecule has 0 saturated heterocycles. The van der Waals surface area contributed by atoms with Crippen LogP contribution in [0.5, 0.6) is 0 Å². The predicted octanol–water partition coefficient (Wildman–Crippen LogP) is 4.15. The molecule has 0 aromatic heterocycles. The molecule has 1 rings (SSSR count). The lowest BCUT2D eigenvalue weighted by Gasteiger charge is -2.07. The van der Waals surface area contributed by atoms with E-state index < -0.39 is 11.9 Å². The van der Waals surface area contributed by atoms with Gasteiger partial charge in [0.15, 0.2) is 0 Å². The summed E-state index contributed by atoms with van der Waals surface area (Å²) >= 11 is 0. The highest BCUT2D eigenvalue weighted by atomic mass is 16.5. The smallest absolute Gasteiger partial charge is 0.339 e. The van der Waals surface area contributed by atoms with Crippen LogP contribution in [0, 0.1) is 5.92 Å². The van der Waals surface area contributed by atoms with Gasteiger partial charge in [-0.15, -0.1) is 0 Å². The van der Waals surface area contributed by atoms with Crippen molar-refractivity contribution in [2.24, 2.45) is 5.92 Å². The first-order valence-electron chi connectivity index (χ1n) is 7.51. The van der Waals surface area contributed by atoms with Gasteiger partial charge in [0.1, 0.15) is 0 Å². The number of hydrogen-bond acceptors (Lipinski definition) is 3. The number of esters is 1. The third kappa shape index (κ3) is 6.43. The molecule has 0 aliphatic rings. The van der Waals surface area contributed by atoms with Crippen LogP contribution in [-0.4, -0.2) is 23.7 Å². The standard InChI is InChI=1S/C17H24O4/c1-13(2)9-5-3-4-8-12-21-17(20)15-11-7-6-10-14(15)16(18)19/h6-7,10-11,13H,3-5,8-9,12H2,1-2H3,(H,18,19). The zero-order valence-electron chi connectivity index (χ0n) is 12.8. The van der Waals surface area contributed by atoms with Crippen molar-refractivity contribution in [3.05, 3.63) is 35.4 Å². The molecule has 1 aromatic rings. The maximum absolute atomic E-state index is 11.9. The van der Waals surface area contributed by atoms with E-state index in [1.165, 1.54) is 25.0 Å². The molecule has 4 heteroatoms. The fourth-order valence-corrected chi connectivity index (χ4v) is 2.10. The molecule has 0 amide bonds. The van der Waals surface area contributed by atoms with Gasteiger partial charge in [0.2, 0.25) is 0 Å². The van der Waals surface area contributed by atoms with Crippen molar-refractivity contribution in [2.75, 3.05) is 6.61 Å². The third-order valence-corrected chi connectivity index (χ3v) is 3.29. The maximum Gasteiger partial charge on any atom is 0.339 e. The largest absolute Gasteiger partial charge is 0.478 e. The van der Waals surface area contributed by atoms with Crippen molar-refractivity contribution in [3.63, 3.8) is 0 Å². The van der Waals surface area contributed by atoms with E-state index in [9.17, 15) is 9.59 Å². The highest BCUT2D eigenvalue weighted by Gasteiger charge is 2.16. The molecule has 0 bridgehead atoms. The van der Waals surface area contributed by atoms with Crippen molar-refractivity contribution in [1.29, 1.82) is 0 Å². The highest BCUT2D eigenvalue weighted by molar-refractivity contribution is 6.02. The monoisotopic (exact) mass is 292 g/mol. The average molecular weight is 292 g/mol. The number of ether oxygens (including phenoxy) is 1. The summed E-state index contributed by atoms with van der Waals surface area (Å²) in [5, 5.41) is 9.02. The van der Waals surface area contributed by atoms with Crippen LogP contribution >= 0.6 is 0 Å². The molecule has 21 heavy (non-hydrogen) atoms. The Morgan fingerprint density at radius 2 is 1.67 bits per heavy atom. The van der Waals surface area contributed by atoms with Gasteiger partial charge in [0.05, 0.1) is 17.7 Å². The Morgan fingerprint density at radius 3 is 2.29 bits per heavy atom. The van der Waals surface area contributed by atoms with E-state index in [0.717, 1.165) is 25.2 Å². The Kier molecular flexibility index (Phi) is 7.51. The molecule has 1 aromatic carbocycles. The topological polar surface area (TPSA) is 63.6 Å². The number of carboxylic acids is 1. The second kappa shape index (κ2) is 9.16. The van der Waals surface area contributed by atoms with E-state index in [0.29, 0.717) is 6.61 Å². The average Bonchev–Trinajstić information content (AvgIpc) is 2.45. The summed E-state index contributed by atoms with van der Waals surface area (Å²) in [5.41, 5.74) is 0.101. The third-order valence-electron chi connectivity index (χ3n) is 3.29. The highest BCUT2D eigenvalue weighted by Crippen LogP contribution is 2.12. The number of benzene rings is 1. The molecule has 1 N–H and O–H groups in total. The van der Waals surface area contributed by atoms with Gasteiger partial charge in [-0.1, -0.05) is 51.7 Å². The minimum atomic E-state index is -1.11. The second-order valence-electron chi connectivity index (χ2n) is 5.58. The van der Waals surface area contributed by atoms with Gasteiger partial charge >= 0.3 is 11.9 Å². The van der Waals surface area contributed by atoms with Crippen molar-refractivity contribution in [1.82, 2.24) is 0 Å². The quantitative estimate of drug-likeness (QED) is 0.548. The first-order chi connectivity index (χ1) is 10.0. The maximum atomic E-state index is 11.9. The van der Waals surface area contributed by atoms with Crippen LogP contribution < -0.4 is 0 Å². The molecule has 0 heterocycles. The summed E-state index contributed by atoms with van der Waals surface area (Å²) in [6.45, 7) is 4.76. The molecule has 0 unspecified atom stereocenters. The molecule has 0 spiro atoms. The molecule has 0 aliphatic carbocycles. The van der Waals surface area contributed by atoms with Gasteiger partial charge in [-0.3, -0.25) is 0 Å². The van der Waals surface area contributed by atoms with Crippen LogP contribution in [0.25, 0.3) is 0 Å². The van der Waals surface area contributed by atoms with Gasteiger partial charge in [-0.25, -0.2) is 9.59 Å². The molecular weight excluding hydrogens is 268 g/mol. The molecular formula is C17H24O4. The van der Waals surface area contributed by atoms with Crippen molar-refractivity contribution >= 4 is 11.9 Å². The van der Waals surface area contributed by atoms with Crippen LogP contribution in [0.2, 0.25) is 0 Å². The van der Waals surface area contributed by atoms with E-state index in [1.54, 1.807) is 12.1 Å². The van der Waals surface area contributed by atoms with Crippen LogP contribution in [0.3, 0.4) is 0 Å². The summed E-state index contributed by atoms with van der Waals surface area (Å²) in [6.07, 6.45) is 5.42. The van der Waals surface area contributed by atoms with Gasteiger partial charge in [0, 0.05) is 0 Å². The first-order valence-corrected chi connectivity index (χ1v) is 7.51. The van der Waals surface area contributed by atoms with Crippen molar-refractivity contribution < 1.29 is 19.4 Å². The normalized spacial score (nSPS) is 10.6. The lowest BCUT2D eigenvalue weighted by Crippen LogP contribution is -2.12. The van der Waals surface area contributed by atoms with Crippen LogP contribution in [-0.2, 0) is 4.74 Å². The van der Waals surface area contributed by atoms with Gasteiger partial charge in [-0.05, 0) is 24.5 Å². The van der Waals surface area contributed by atoms with Crippen LogP contribution in [0.1, 0.15) is 66.7 Å². The van der Waals surface area contributed by atoms with E-state index in [2.05, 4.69) is 13.8 Å². The number of hydrogen-bond donors (Lipinski definition) is 1. The molecule has 0 saturated carbocycles. The van der Waals surface area contributed by atoms with Gasteiger partial charge in [-0.2, -0.15) is 0 Å². The Hall–Kier alpha value is -1.84. The lowest BCUT2D eigenvalue weighted by atomic mass is 10.0. The zero-order valence-corrected chi connectivity index (χ0v) is 12.8. The zero-order chi connectivity index (χ0) is 15.7. The number of unbranched alkanes of at least 4 members (excludes halogenated alkanes) is 3. The summed E-state index contributed by atoms with van der Waals surface area (Å²) < 4.78 is 5.14. The van der Waals surface area contributed by atoms with Gasteiger partial charge in [0.25, 0.3) is 0 Å². The SMILES string of the molecule is CC(C)CCCCCCOC(=O)c1ccccc1C(=O)O. The summed E-state index contributed by atoms with van der Waals surface area (Å²) in [4.78, 5) is 22.9. The fraction of sp³-hybridized carbons (Fsp3) is 0.529. The van der Waals surface area contributed by atoms with Crippen molar-refractivity contribution in [3.8, 4) is 0 Å². The molecule has 0 atom stereocenters. The molecule has 4 nitrogen and oxygen atoms in total. The van der Waals surface area contributed by atoms with E-state index in [1.807, 2.05) is 0 Å². The molecule has 0 radical (unpaired) electrons. The number of carbonyl (C=O) groups is 2. The first kappa shape index (κ1) is 17.2. The number of aromatic carboxylic acids is 1. The summed E-state index contributed by atoms with van der Waals surface area (Å²) in [7, 11) is 0. The Bertz CT molecular complexity index is 466. The predicted molar refractivity (Wildman–Crippen MR) is 81.6 cm³/mol.